The minimum Gasteiger partial charge on any atom is -0.388 e. The molecule has 0 aromatic heterocycles. The first-order valence-electron chi connectivity index (χ1n) is 5.51. The van der Waals surface area contributed by atoms with Crippen LogP contribution in [0.3, 0.4) is 0 Å². The third-order valence-electron chi connectivity index (χ3n) is 3.06. The Hall–Kier alpha value is -1.00. The smallest absolute Gasteiger partial charge is 0.126 e. The van der Waals surface area contributed by atoms with Crippen molar-refractivity contribution in [3.63, 3.8) is 0 Å². The summed E-state index contributed by atoms with van der Waals surface area (Å²) < 4.78 is 26.0. The molecule has 1 saturated heterocycles. The number of halogens is 2. The van der Waals surface area contributed by atoms with Crippen LogP contribution < -0.4 is 5.32 Å². The Morgan fingerprint density at radius 3 is 2.25 bits per heavy atom. The van der Waals surface area contributed by atoms with E-state index >= 15 is 0 Å². The van der Waals surface area contributed by atoms with Gasteiger partial charge >= 0.3 is 0 Å². The Kier molecular flexibility index (Phi) is 3.51. The number of hydrogen-bond acceptors (Lipinski definition) is 2. The lowest BCUT2D eigenvalue weighted by molar-refractivity contribution is 0.0883. The van der Waals surface area contributed by atoms with Gasteiger partial charge in [0.25, 0.3) is 0 Å². The van der Waals surface area contributed by atoms with Crippen LogP contribution in [-0.4, -0.2) is 18.2 Å². The van der Waals surface area contributed by atoms with Crippen LogP contribution in [0.2, 0.25) is 0 Å². The van der Waals surface area contributed by atoms with Crippen LogP contribution in [0.15, 0.2) is 18.2 Å². The summed E-state index contributed by atoms with van der Waals surface area (Å²) in [6.45, 7) is 1.69. The Bertz CT molecular complexity index is 344. The largest absolute Gasteiger partial charge is 0.388 e. The van der Waals surface area contributed by atoms with Gasteiger partial charge in [0.05, 0.1) is 6.10 Å². The molecule has 16 heavy (non-hydrogen) atoms. The Morgan fingerprint density at radius 2 is 1.69 bits per heavy atom. The summed E-state index contributed by atoms with van der Waals surface area (Å²) >= 11 is 0. The SMILES string of the molecule is OC(c1cc(F)cc(F)c1)C1CCNCC1. The fourth-order valence-electron chi connectivity index (χ4n) is 2.18. The second kappa shape index (κ2) is 4.89. The van der Waals surface area contributed by atoms with Crippen LogP contribution in [0.25, 0.3) is 0 Å². The van der Waals surface area contributed by atoms with Gasteiger partial charge in [-0.2, -0.15) is 0 Å². The van der Waals surface area contributed by atoms with E-state index in [-0.39, 0.29) is 5.92 Å². The zero-order valence-corrected chi connectivity index (χ0v) is 8.92. The van der Waals surface area contributed by atoms with Gasteiger partial charge in [-0.1, -0.05) is 0 Å². The molecule has 0 amide bonds. The molecule has 2 nitrogen and oxygen atoms in total. The van der Waals surface area contributed by atoms with Gasteiger partial charge in [0.2, 0.25) is 0 Å². The molecule has 4 heteroatoms. The molecule has 1 fully saturated rings. The molecule has 1 atom stereocenters. The minimum absolute atomic E-state index is 0.0856. The molecule has 2 rings (SSSR count). The van der Waals surface area contributed by atoms with E-state index in [1.807, 2.05) is 0 Å². The molecule has 0 radical (unpaired) electrons. The summed E-state index contributed by atoms with van der Waals surface area (Å²) in [6.07, 6.45) is 0.894. The number of hydrogen-bond donors (Lipinski definition) is 2. The second-order valence-corrected chi connectivity index (χ2v) is 4.24. The van der Waals surface area contributed by atoms with Gasteiger partial charge in [0.15, 0.2) is 0 Å². The first kappa shape index (κ1) is 11.5. The normalized spacial score (nSPS) is 19.7. The van der Waals surface area contributed by atoms with Crippen molar-refractivity contribution in [2.75, 3.05) is 13.1 Å². The van der Waals surface area contributed by atoms with Gasteiger partial charge in [-0.3, -0.25) is 0 Å². The molecular weight excluding hydrogens is 212 g/mol. The minimum atomic E-state index is -0.771. The fraction of sp³-hybridized carbons (Fsp3) is 0.500. The van der Waals surface area contributed by atoms with Gasteiger partial charge in [-0.05, 0) is 49.5 Å². The average Bonchev–Trinajstić information content (AvgIpc) is 2.28. The van der Waals surface area contributed by atoms with Gasteiger partial charge < -0.3 is 10.4 Å². The number of aliphatic hydroxyl groups is 1. The third kappa shape index (κ3) is 2.57. The standard InChI is InChI=1S/C12H15F2NO/c13-10-5-9(6-11(14)7-10)12(16)8-1-3-15-4-2-8/h5-8,12,15-16H,1-4H2. The van der Waals surface area contributed by atoms with E-state index in [1.165, 1.54) is 12.1 Å². The summed E-state index contributed by atoms with van der Waals surface area (Å²) in [5, 5.41) is 13.2. The highest BCUT2D eigenvalue weighted by Crippen LogP contribution is 2.29. The highest BCUT2D eigenvalue weighted by Gasteiger charge is 2.23. The van der Waals surface area contributed by atoms with E-state index in [1.54, 1.807) is 0 Å². The van der Waals surface area contributed by atoms with Gasteiger partial charge in [0.1, 0.15) is 11.6 Å². The lowest BCUT2D eigenvalue weighted by Gasteiger charge is -2.27. The molecule has 0 aliphatic carbocycles. The van der Waals surface area contributed by atoms with Crippen LogP contribution in [-0.2, 0) is 0 Å². The monoisotopic (exact) mass is 227 g/mol. The van der Waals surface area contributed by atoms with Crippen molar-refractivity contribution >= 4 is 0 Å². The van der Waals surface area contributed by atoms with E-state index in [2.05, 4.69) is 5.32 Å². The molecule has 0 spiro atoms. The van der Waals surface area contributed by atoms with Crippen molar-refractivity contribution in [1.82, 2.24) is 5.32 Å². The first-order valence-corrected chi connectivity index (χ1v) is 5.51. The molecule has 1 aliphatic heterocycles. The molecule has 1 unspecified atom stereocenters. The van der Waals surface area contributed by atoms with Gasteiger partial charge in [-0.25, -0.2) is 8.78 Å². The van der Waals surface area contributed by atoms with Crippen LogP contribution >= 0.6 is 0 Å². The summed E-state index contributed by atoms with van der Waals surface area (Å²) in [5.74, 6) is -1.19. The molecule has 0 saturated carbocycles. The van der Waals surface area contributed by atoms with Crippen molar-refractivity contribution in [1.29, 1.82) is 0 Å². The van der Waals surface area contributed by atoms with Gasteiger partial charge in [-0.15, -0.1) is 0 Å². The molecule has 0 bridgehead atoms. The number of benzene rings is 1. The van der Waals surface area contributed by atoms with Crippen molar-refractivity contribution in [3.05, 3.63) is 35.4 Å². The van der Waals surface area contributed by atoms with Crippen LogP contribution in [0, 0.1) is 17.6 Å². The second-order valence-electron chi connectivity index (χ2n) is 4.24. The lowest BCUT2D eigenvalue weighted by Crippen LogP contribution is -2.30. The zero-order valence-electron chi connectivity index (χ0n) is 8.92. The number of nitrogens with one attached hydrogen (secondary N) is 1. The molecular formula is C12H15F2NO. The van der Waals surface area contributed by atoms with Crippen molar-refractivity contribution in [3.8, 4) is 0 Å². The molecule has 1 heterocycles. The molecule has 1 aromatic rings. The van der Waals surface area contributed by atoms with Crippen LogP contribution in [0.1, 0.15) is 24.5 Å². The quantitative estimate of drug-likeness (QED) is 0.810. The summed E-state index contributed by atoms with van der Waals surface area (Å²) in [7, 11) is 0. The third-order valence-corrected chi connectivity index (χ3v) is 3.06. The molecule has 2 N–H and O–H groups in total. The van der Waals surface area contributed by atoms with Crippen LogP contribution in [0.4, 0.5) is 8.78 Å². The molecule has 1 aliphatic rings. The van der Waals surface area contributed by atoms with Crippen molar-refractivity contribution in [2.45, 2.75) is 18.9 Å². The summed E-state index contributed by atoms with van der Waals surface area (Å²) in [4.78, 5) is 0. The topological polar surface area (TPSA) is 32.3 Å². The number of aliphatic hydroxyl groups excluding tert-OH is 1. The Morgan fingerprint density at radius 1 is 1.12 bits per heavy atom. The van der Waals surface area contributed by atoms with E-state index in [0.717, 1.165) is 32.0 Å². The van der Waals surface area contributed by atoms with E-state index in [0.29, 0.717) is 5.56 Å². The van der Waals surface area contributed by atoms with E-state index in [4.69, 9.17) is 0 Å². The fourth-order valence-corrected chi connectivity index (χ4v) is 2.18. The first-order chi connectivity index (χ1) is 7.66. The van der Waals surface area contributed by atoms with E-state index < -0.39 is 17.7 Å². The number of rotatable bonds is 2. The average molecular weight is 227 g/mol. The zero-order chi connectivity index (χ0) is 11.5. The summed E-state index contributed by atoms with van der Waals surface area (Å²) in [6, 6.07) is 3.23. The highest BCUT2D eigenvalue weighted by atomic mass is 19.1. The maximum atomic E-state index is 13.0. The Balaban J connectivity index is 2.15. The van der Waals surface area contributed by atoms with Gasteiger partial charge in [0, 0.05) is 6.07 Å². The maximum absolute atomic E-state index is 13.0. The molecule has 1 aromatic carbocycles. The Labute approximate surface area is 93.3 Å². The maximum Gasteiger partial charge on any atom is 0.126 e. The van der Waals surface area contributed by atoms with E-state index in [9.17, 15) is 13.9 Å². The number of piperidine rings is 1. The predicted molar refractivity (Wildman–Crippen MR) is 56.9 cm³/mol. The predicted octanol–water partition coefficient (Wildman–Crippen LogP) is 2.00. The molecule has 88 valence electrons. The lowest BCUT2D eigenvalue weighted by atomic mass is 9.88. The van der Waals surface area contributed by atoms with Crippen molar-refractivity contribution in [2.24, 2.45) is 5.92 Å². The highest BCUT2D eigenvalue weighted by molar-refractivity contribution is 5.20. The van der Waals surface area contributed by atoms with Crippen molar-refractivity contribution < 1.29 is 13.9 Å². The summed E-state index contributed by atoms with van der Waals surface area (Å²) in [5.41, 5.74) is 0.337. The van der Waals surface area contributed by atoms with Crippen LogP contribution in [0.5, 0.6) is 0 Å².